The highest BCUT2D eigenvalue weighted by Gasteiger charge is 2.02. The minimum Gasteiger partial charge on any atom is -0.325 e. The van der Waals surface area contributed by atoms with Crippen LogP contribution in [0.25, 0.3) is 0 Å². The van der Waals surface area contributed by atoms with Gasteiger partial charge in [0, 0.05) is 0 Å². The molecule has 0 heterocycles. The number of hydrogen-bond donors (Lipinski definition) is 2. The molecule has 0 aliphatic rings. The number of rotatable bonds is 2. The molecule has 2 N–H and O–H groups in total. The summed E-state index contributed by atoms with van der Waals surface area (Å²) in [5.74, 6) is 0. The Balaban J connectivity index is 2.75. The van der Waals surface area contributed by atoms with Gasteiger partial charge in [0.05, 0.1) is 0 Å². The third-order valence-corrected chi connectivity index (χ3v) is 0.387. The lowest BCUT2D eigenvalue weighted by atomic mass is 15.0. The van der Waals surface area contributed by atoms with E-state index in [2.05, 4.69) is 9.40 Å². The molecule has 1 unspecified atom stereocenters. The van der Waals surface area contributed by atoms with Gasteiger partial charge < -0.3 is 4.89 Å². The van der Waals surface area contributed by atoms with Crippen LogP contribution in [0.5, 0.6) is 0 Å². The number of halogens is 1. The molecule has 0 saturated heterocycles. The van der Waals surface area contributed by atoms with E-state index in [1.165, 1.54) is 0 Å². The van der Waals surface area contributed by atoms with Crippen molar-refractivity contribution in [2.75, 3.05) is 0 Å². The smallest absolute Gasteiger partial charge is 0.325 e. The van der Waals surface area contributed by atoms with Crippen LogP contribution in [0.4, 0.5) is 4.53 Å². The topological polar surface area (TPSA) is 58.9 Å². The minimum absolute atomic E-state index is 2.55. The highest BCUT2D eigenvalue weighted by molar-refractivity contribution is 7.40. The van der Waals surface area contributed by atoms with Crippen molar-refractivity contribution in [1.82, 2.24) is 0 Å². The van der Waals surface area contributed by atoms with Crippen LogP contribution in [0.3, 0.4) is 0 Å². The second-order valence-electron chi connectivity index (χ2n) is 0.388. The average Bonchev–Trinajstić information content (AvgIpc) is 1.65. The van der Waals surface area contributed by atoms with E-state index in [9.17, 15) is 4.53 Å². The Kier molecular flexibility index (Phi) is 3.51. The van der Waals surface area contributed by atoms with Crippen molar-refractivity contribution in [3.8, 4) is 0 Å². The molecule has 1 atom stereocenters. The Hall–Kier alpha value is 0.200. The maximum absolute atomic E-state index is 10.4. The zero-order chi connectivity index (χ0) is 4.99. The van der Waals surface area contributed by atoms with Gasteiger partial charge in [-0.25, -0.2) is 5.26 Å². The Bertz CT molecular complexity index is 26.7. The Morgan fingerprint density at radius 3 is 2.17 bits per heavy atom. The Labute approximate surface area is 33.9 Å². The molecule has 0 spiro atoms. The lowest BCUT2D eigenvalue weighted by Gasteiger charge is -1.90. The van der Waals surface area contributed by atoms with E-state index in [0.717, 1.165) is 0 Å². The van der Waals surface area contributed by atoms with Crippen LogP contribution in [0.2, 0.25) is 0 Å². The van der Waals surface area contributed by atoms with Crippen LogP contribution in [-0.2, 0) is 9.40 Å². The lowest BCUT2D eigenvalue weighted by molar-refractivity contribution is -0.171. The van der Waals surface area contributed by atoms with Gasteiger partial charge in [-0.15, -0.1) is 4.73 Å². The van der Waals surface area contributed by atoms with Gasteiger partial charge in [-0.1, -0.05) is 0 Å². The van der Waals surface area contributed by atoms with Crippen molar-refractivity contribution >= 4 is 8.60 Å². The van der Waals surface area contributed by atoms with Gasteiger partial charge in [-0.2, -0.15) is 4.67 Å². The van der Waals surface area contributed by atoms with E-state index in [-0.39, 0.29) is 0 Å². The average molecular weight is 116 g/mol. The summed E-state index contributed by atoms with van der Waals surface area (Å²) in [4.78, 5) is 7.66. The van der Waals surface area contributed by atoms with Crippen LogP contribution in [-0.4, -0.2) is 10.2 Å². The third-order valence-electron chi connectivity index (χ3n) is 0.129. The van der Waals surface area contributed by atoms with Crippen LogP contribution in [0.1, 0.15) is 0 Å². The lowest BCUT2D eigenvalue weighted by Crippen LogP contribution is -1.72. The largest absolute Gasteiger partial charge is 0.394 e. The fraction of sp³-hybridized carbons (Fsp3) is 0. The maximum Gasteiger partial charge on any atom is 0.394 e. The molecule has 0 radical (unpaired) electrons. The van der Waals surface area contributed by atoms with Crippen molar-refractivity contribution < 1.29 is 24.1 Å². The van der Waals surface area contributed by atoms with Gasteiger partial charge in [0.1, 0.15) is 0 Å². The fourth-order valence-corrected chi connectivity index (χ4v) is 0.0378. The van der Waals surface area contributed by atoms with Gasteiger partial charge in [0.25, 0.3) is 0 Å². The second-order valence-corrected chi connectivity index (χ2v) is 1.17. The summed E-state index contributed by atoms with van der Waals surface area (Å²) in [6, 6.07) is 0. The summed E-state index contributed by atoms with van der Waals surface area (Å²) < 4.78 is 15.9. The van der Waals surface area contributed by atoms with E-state index in [1.54, 1.807) is 0 Å². The summed E-state index contributed by atoms with van der Waals surface area (Å²) in [7, 11) is -2.69. The van der Waals surface area contributed by atoms with E-state index in [0.29, 0.717) is 0 Å². The number of hydrogen-bond acceptors (Lipinski definition) is 4. The molecule has 0 aliphatic heterocycles. The molecule has 0 amide bonds. The van der Waals surface area contributed by atoms with E-state index in [4.69, 9.17) is 10.2 Å². The van der Waals surface area contributed by atoms with Crippen molar-refractivity contribution in [3.63, 3.8) is 0 Å². The molecule has 6 heavy (non-hydrogen) atoms. The monoisotopic (exact) mass is 116 g/mol. The van der Waals surface area contributed by atoms with Gasteiger partial charge >= 0.3 is 8.60 Å². The molecule has 0 aromatic carbocycles. The van der Waals surface area contributed by atoms with Crippen molar-refractivity contribution in [1.29, 1.82) is 0 Å². The van der Waals surface area contributed by atoms with Gasteiger partial charge in [0.15, 0.2) is 0 Å². The fourth-order valence-electron chi connectivity index (χ4n) is 0.0126. The summed E-state index contributed by atoms with van der Waals surface area (Å²) >= 11 is 0. The first kappa shape index (κ1) is 6.20. The van der Waals surface area contributed by atoms with E-state index < -0.39 is 8.60 Å². The van der Waals surface area contributed by atoms with E-state index in [1.807, 2.05) is 0 Å². The van der Waals surface area contributed by atoms with Crippen molar-refractivity contribution in [2.24, 2.45) is 0 Å². The predicted molar refractivity (Wildman–Crippen MR) is 15.0 cm³/mol. The first-order valence-corrected chi connectivity index (χ1v) is 2.03. The highest BCUT2D eigenvalue weighted by Crippen LogP contribution is 2.30. The van der Waals surface area contributed by atoms with Crippen LogP contribution in [0.15, 0.2) is 0 Å². The first-order chi connectivity index (χ1) is 2.81. The van der Waals surface area contributed by atoms with Gasteiger partial charge in [-0.3, -0.25) is 0 Å². The Morgan fingerprint density at radius 1 is 1.67 bits per heavy atom. The van der Waals surface area contributed by atoms with Crippen molar-refractivity contribution in [3.05, 3.63) is 0 Å². The van der Waals surface area contributed by atoms with Crippen LogP contribution >= 0.6 is 8.60 Å². The van der Waals surface area contributed by atoms with E-state index >= 15 is 0 Å². The summed E-state index contributed by atoms with van der Waals surface area (Å²) in [5.41, 5.74) is 0. The zero-order valence-electron chi connectivity index (χ0n) is 2.54. The molecular formula is H2FO4P. The standard InChI is InChI=1S/FH2O4P/c1-4-6(3)5-2/h2-3H. The molecule has 0 rings (SSSR count). The molecular weight excluding hydrogens is 114 g/mol. The normalized spacial score (nSPS) is 14.5. The zero-order valence-corrected chi connectivity index (χ0v) is 3.43. The molecule has 0 saturated carbocycles. The minimum atomic E-state index is -2.69. The SMILES string of the molecule is OOP(O)OF. The molecule has 0 bridgehead atoms. The van der Waals surface area contributed by atoms with Crippen molar-refractivity contribution in [2.45, 2.75) is 0 Å². The molecule has 38 valence electrons. The van der Waals surface area contributed by atoms with Gasteiger partial charge in [0.2, 0.25) is 0 Å². The third kappa shape index (κ3) is 2.44. The summed E-state index contributed by atoms with van der Waals surface area (Å²) in [6.07, 6.45) is 0. The van der Waals surface area contributed by atoms with Crippen LogP contribution < -0.4 is 0 Å². The molecule has 4 nitrogen and oxygen atoms in total. The Morgan fingerprint density at radius 2 is 2.17 bits per heavy atom. The van der Waals surface area contributed by atoms with Crippen LogP contribution in [0, 0.1) is 0 Å². The second kappa shape index (κ2) is 3.39. The highest BCUT2D eigenvalue weighted by atomic mass is 31.2. The van der Waals surface area contributed by atoms with Gasteiger partial charge in [-0.05, 0) is 4.53 Å². The molecule has 0 aromatic heterocycles. The first-order valence-electron chi connectivity index (χ1n) is 0.902. The molecule has 6 heteroatoms. The summed E-state index contributed by atoms with van der Waals surface area (Å²) in [6.45, 7) is 0. The maximum atomic E-state index is 10.4. The quantitative estimate of drug-likeness (QED) is 0.315. The molecule has 0 fully saturated rings. The molecule has 0 aromatic rings. The molecule has 0 aliphatic carbocycles. The summed E-state index contributed by atoms with van der Waals surface area (Å²) in [5, 5.41) is 7.25. The predicted octanol–water partition coefficient (Wildman–Crippen LogP) is 0.596.